The molecule has 108 heavy (non-hydrogen) atoms. The van der Waals surface area contributed by atoms with E-state index in [0.29, 0.717) is 83.5 Å². The van der Waals surface area contributed by atoms with Gasteiger partial charge >= 0.3 is 34.1 Å². The zero-order valence-electron chi connectivity index (χ0n) is 71.3. The normalized spacial score (nSPS) is 13.0. The molecule has 0 saturated carbocycles. The van der Waals surface area contributed by atoms with Crippen LogP contribution in [0.2, 0.25) is 0 Å². The van der Waals surface area contributed by atoms with E-state index in [9.17, 15) is 59.4 Å². The molecule has 0 atom stereocenters. The van der Waals surface area contributed by atoms with Gasteiger partial charge in [0.25, 0.3) is 0 Å². The van der Waals surface area contributed by atoms with Gasteiger partial charge in [0.1, 0.15) is 34.5 Å². The zero-order chi connectivity index (χ0) is 82.6. The summed E-state index contributed by atoms with van der Waals surface area (Å²) in [6.45, 7) is 64.1. The Balaban J connectivity index is 0.000000303. The lowest BCUT2D eigenvalue weighted by Crippen LogP contribution is -2.55. The molecular weight excluding hydrogens is 1360 g/mol. The number of rotatable bonds is 12. The Hall–Kier alpha value is -9.06. The zero-order valence-corrected chi connectivity index (χ0v) is 71.3. The Labute approximate surface area is 640 Å². The molecule has 0 aliphatic carbocycles. The van der Waals surface area contributed by atoms with Crippen molar-refractivity contribution in [1.29, 1.82) is 0 Å². The van der Waals surface area contributed by atoms with Crippen LogP contribution in [0.3, 0.4) is 0 Å². The van der Waals surface area contributed by atoms with Crippen LogP contribution >= 0.6 is 0 Å². The third-order valence-electron chi connectivity index (χ3n) is 21.2. The summed E-state index contributed by atoms with van der Waals surface area (Å²) in [5.41, 5.74) is 5.80. The molecule has 2 heterocycles. The van der Waals surface area contributed by atoms with E-state index in [1.165, 1.54) is 0 Å². The molecule has 0 saturated heterocycles. The molecular formula is C90H126N6O12. The maximum absolute atomic E-state index is 14.7. The molecule has 18 heteroatoms. The lowest BCUT2D eigenvalue weighted by Gasteiger charge is -2.29. The Morgan fingerprint density at radius 3 is 0.481 bits per heavy atom. The van der Waals surface area contributed by atoms with Crippen LogP contribution in [0.15, 0.2) is 83.4 Å². The monoisotopic (exact) mass is 1480 g/mol. The van der Waals surface area contributed by atoms with Crippen LogP contribution in [-0.2, 0) is 88.0 Å². The number of phenolic OH excluding ortho intramolecular Hbond substituents is 6. The van der Waals surface area contributed by atoms with Crippen LogP contribution in [0.25, 0.3) is 0 Å². The Morgan fingerprint density at radius 2 is 0.343 bits per heavy atom. The van der Waals surface area contributed by atoms with Crippen molar-refractivity contribution in [3.63, 3.8) is 0 Å². The highest BCUT2D eigenvalue weighted by Crippen LogP contribution is 2.45. The molecule has 0 aliphatic rings. The first kappa shape index (κ1) is 86.2. The summed E-state index contributed by atoms with van der Waals surface area (Å²) in [6.07, 6.45) is 0. The second-order valence-corrected chi connectivity index (χ2v) is 39.7. The first-order valence-electron chi connectivity index (χ1n) is 37.7. The van der Waals surface area contributed by atoms with Gasteiger partial charge in [0, 0.05) is 0 Å². The summed E-state index contributed by atoms with van der Waals surface area (Å²) >= 11 is 0. The fourth-order valence-corrected chi connectivity index (χ4v) is 14.5. The van der Waals surface area contributed by atoms with Gasteiger partial charge in [-0.3, -0.25) is 0 Å². The van der Waals surface area contributed by atoms with Gasteiger partial charge in [0.05, 0.1) is 39.3 Å². The van der Waals surface area contributed by atoms with Crippen molar-refractivity contribution in [3.05, 3.63) is 234 Å². The summed E-state index contributed by atoms with van der Waals surface area (Å²) in [7, 11) is 0. The molecule has 0 spiro atoms. The molecule has 6 aromatic carbocycles. The molecule has 8 aromatic rings. The standard InChI is InChI=1S/C48H69N3O6.C42H57N3O6/c1-43(2,3)31-19-28(20-32(37(31)52)44(4,5)6)25-49-40(55)50(26-29-21-33(45(7,8)9)38(53)34(22-29)46(10,11)12)42(57)51(41(49)56)27-30-23-35(47(13,14)15)39(54)36(24-30)48(16,17)18;1-22-16-31(40(7,8)9)34(46)25(4)28(22)19-43-37(49)44(20-29-23(2)17-32(41(10,11)12)35(47)26(29)5)39(51)45(38(43)50)21-30-24(3)18-33(42(13,14)15)36(48)27(30)6/h19-24,52-54H,25-27H2,1-18H3;16-18,46-48H,19-21H2,1-15H3. The van der Waals surface area contributed by atoms with Gasteiger partial charge < -0.3 is 30.6 Å². The minimum Gasteiger partial charge on any atom is -0.507 e. The highest BCUT2D eigenvalue weighted by atomic mass is 16.3. The predicted octanol–water partition coefficient (Wildman–Crippen LogP) is 16.4. The molecule has 0 fully saturated rings. The topological polar surface area (TPSA) is 253 Å². The minimum absolute atomic E-state index is 0.103. The summed E-state index contributed by atoms with van der Waals surface area (Å²) in [4.78, 5) is 87.2. The molecule has 0 amide bonds. The van der Waals surface area contributed by atoms with E-state index in [-0.39, 0.29) is 90.0 Å². The van der Waals surface area contributed by atoms with Gasteiger partial charge in [-0.1, -0.05) is 205 Å². The van der Waals surface area contributed by atoms with Gasteiger partial charge in [-0.25, -0.2) is 56.2 Å². The van der Waals surface area contributed by atoms with E-state index in [2.05, 4.69) is 0 Å². The number of phenols is 6. The molecule has 2 aromatic heterocycles. The van der Waals surface area contributed by atoms with Crippen molar-refractivity contribution < 1.29 is 30.6 Å². The highest BCUT2D eigenvalue weighted by molar-refractivity contribution is 5.56. The fraction of sp³-hybridized carbons (Fsp3) is 0.533. The third kappa shape index (κ3) is 17.6. The molecule has 0 unspecified atom stereocenters. The summed E-state index contributed by atoms with van der Waals surface area (Å²) < 4.78 is 6.48. The van der Waals surface area contributed by atoms with E-state index in [4.69, 9.17) is 0 Å². The fourth-order valence-electron chi connectivity index (χ4n) is 14.5. The van der Waals surface area contributed by atoms with Crippen LogP contribution in [0.4, 0.5) is 0 Å². The van der Waals surface area contributed by atoms with Crippen LogP contribution in [0.1, 0.15) is 304 Å². The second-order valence-electron chi connectivity index (χ2n) is 39.7. The summed E-state index contributed by atoms with van der Waals surface area (Å²) in [5, 5.41) is 68.1. The van der Waals surface area contributed by atoms with Crippen LogP contribution in [0, 0.1) is 41.5 Å². The van der Waals surface area contributed by atoms with Crippen LogP contribution in [-0.4, -0.2) is 58.0 Å². The molecule has 0 radical (unpaired) electrons. The Morgan fingerprint density at radius 1 is 0.213 bits per heavy atom. The maximum Gasteiger partial charge on any atom is 0.336 e. The van der Waals surface area contributed by atoms with Crippen LogP contribution < -0.4 is 34.1 Å². The number of nitrogens with zero attached hydrogens (tertiary/aromatic N) is 6. The van der Waals surface area contributed by atoms with Crippen molar-refractivity contribution in [2.75, 3.05) is 0 Å². The first-order valence-corrected chi connectivity index (χ1v) is 37.7. The average Bonchev–Trinajstić information content (AvgIpc) is 0.746. The first-order chi connectivity index (χ1) is 48.7. The Bertz CT molecular complexity index is 4570. The number of aryl methyl sites for hydroxylation is 3. The van der Waals surface area contributed by atoms with Crippen molar-refractivity contribution in [1.82, 2.24) is 27.4 Å². The maximum atomic E-state index is 14.7. The number of hydrogen-bond donors (Lipinski definition) is 6. The van der Waals surface area contributed by atoms with E-state index < -0.39 is 66.6 Å². The largest absolute Gasteiger partial charge is 0.507 e. The molecule has 18 nitrogen and oxygen atoms in total. The highest BCUT2D eigenvalue weighted by Gasteiger charge is 2.34. The van der Waals surface area contributed by atoms with E-state index in [1.807, 2.05) is 262 Å². The van der Waals surface area contributed by atoms with Gasteiger partial charge in [0.2, 0.25) is 0 Å². The molecule has 0 bridgehead atoms. The van der Waals surface area contributed by atoms with Gasteiger partial charge in [-0.15, -0.1) is 0 Å². The van der Waals surface area contributed by atoms with Crippen molar-refractivity contribution >= 4 is 0 Å². The van der Waals surface area contributed by atoms with Crippen molar-refractivity contribution in [3.8, 4) is 34.5 Å². The SMILES string of the molecule is CC(C)(C)c1cc(Cn2c(=O)n(Cc3cc(C(C)(C)C)c(O)c(C(C)(C)C)c3)c(=O)n(Cc3cc(C(C)(C)C)c(O)c(C(C)(C)C)c3)c2=O)cc(C(C)(C)C)c1O.Cc1cc(C(C)(C)C)c(O)c(C)c1Cn1c(=O)n(Cc2c(C)cc(C(C)(C)C)c(O)c2C)c(=O)n(Cc2c(C)cc(C(C)(C)C)c(O)c2C)c1=O. The van der Waals surface area contributed by atoms with Gasteiger partial charge in [0.15, 0.2) is 0 Å². The second kappa shape index (κ2) is 29.4. The van der Waals surface area contributed by atoms with Gasteiger partial charge in [-0.2, -0.15) is 0 Å². The lowest BCUT2D eigenvalue weighted by molar-refractivity contribution is 0.421. The number of hydrogen-bond acceptors (Lipinski definition) is 12. The van der Waals surface area contributed by atoms with Crippen LogP contribution in [0.5, 0.6) is 34.5 Å². The smallest absolute Gasteiger partial charge is 0.336 e. The average molecular weight is 1480 g/mol. The quantitative estimate of drug-likeness (QED) is 0.0668. The van der Waals surface area contributed by atoms with E-state index >= 15 is 0 Å². The van der Waals surface area contributed by atoms with Crippen molar-refractivity contribution in [2.45, 2.75) is 316 Å². The number of benzene rings is 6. The lowest BCUT2D eigenvalue weighted by atomic mass is 9.78. The molecule has 0 aliphatic heterocycles. The number of aromatic nitrogens is 6. The van der Waals surface area contributed by atoms with E-state index in [0.717, 1.165) is 60.8 Å². The minimum atomic E-state index is -0.794. The molecule has 6 N–H and O–H groups in total. The summed E-state index contributed by atoms with van der Waals surface area (Å²) in [5.74, 6) is 0.855. The predicted molar refractivity (Wildman–Crippen MR) is 438 cm³/mol. The number of aromatic hydroxyl groups is 6. The van der Waals surface area contributed by atoms with E-state index in [1.54, 1.807) is 20.8 Å². The molecule has 8 rings (SSSR count). The summed E-state index contributed by atoms with van der Waals surface area (Å²) in [6, 6.07) is 16.7. The third-order valence-corrected chi connectivity index (χ3v) is 21.2. The van der Waals surface area contributed by atoms with Crippen molar-refractivity contribution in [2.24, 2.45) is 0 Å². The van der Waals surface area contributed by atoms with Gasteiger partial charge in [-0.05, 0) is 244 Å². The molecule has 588 valence electrons. The Kier molecular flexibility index (Phi) is 23.5.